The Morgan fingerprint density at radius 1 is 1.08 bits per heavy atom. The van der Waals surface area contributed by atoms with Crippen molar-refractivity contribution in [3.63, 3.8) is 0 Å². The largest absolute Gasteiger partial charge is 0.325 e. The summed E-state index contributed by atoms with van der Waals surface area (Å²) in [6.45, 7) is 0.503. The van der Waals surface area contributed by atoms with Gasteiger partial charge in [0.2, 0.25) is 5.91 Å². The Kier molecular flexibility index (Phi) is 3.55. The smallest absolute Gasteiger partial charge is 0.256 e. The molecule has 4 rings (SSSR count). The lowest BCUT2D eigenvalue weighted by Crippen LogP contribution is -2.48. The summed E-state index contributed by atoms with van der Waals surface area (Å²) >= 11 is 5.93. The Bertz CT molecular complexity index is 835. The molecule has 6 heteroatoms. The van der Waals surface area contributed by atoms with Crippen LogP contribution < -0.4 is 11.1 Å². The van der Waals surface area contributed by atoms with Gasteiger partial charge in [0.1, 0.15) is 6.04 Å². The van der Waals surface area contributed by atoms with Gasteiger partial charge in [-0.05, 0) is 41.8 Å². The van der Waals surface area contributed by atoms with Crippen LogP contribution in [0.4, 0.5) is 5.69 Å². The first-order valence-electron chi connectivity index (χ1n) is 7.82. The molecular weight excluding hydrogens is 326 g/mol. The number of halogens is 1. The molecule has 0 unspecified atom stereocenters. The minimum absolute atomic E-state index is 0.155. The van der Waals surface area contributed by atoms with Crippen molar-refractivity contribution < 1.29 is 9.59 Å². The summed E-state index contributed by atoms with van der Waals surface area (Å²) in [5, 5.41) is 3.50. The number of amides is 2. The number of fused-ring (bicyclic) bond motifs is 2. The SMILES string of the molecule is N[C@H]1CCN2C(=O)c3cc(-c4ccc(Cl)cc4)ccc3NC(=O)[C@H]12. The summed E-state index contributed by atoms with van der Waals surface area (Å²) in [4.78, 5) is 26.9. The first kappa shape index (κ1) is 15.2. The van der Waals surface area contributed by atoms with E-state index < -0.39 is 6.04 Å². The molecule has 1 fully saturated rings. The highest BCUT2D eigenvalue weighted by Crippen LogP contribution is 2.32. The highest BCUT2D eigenvalue weighted by molar-refractivity contribution is 6.30. The number of nitrogens with zero attached hydrogens (tertiary/aromatic N) is 1. The van der Waals surface area contributed by atoms with Crippen LogP contribution in [0.5, 0.6) is 0 Å². The Balaban J connectivity index is 1.78. The molecule has 3 N–H and O–H groups in total. The maximum atomic E-state index is 12.9. The average molecular weight is 342 g/mol. The summed E-state index contributed by atoms with van der Waals surface area (Å²) < 4.78 is 0. The number of rotatable bonds is 1. The molecule has 0 bridgehead atoms. The zero-order valence-electron chi connectivity index (χ0n) is 12.8. The third-order valence-electron chi connectivity index (χ3n) is 4.66. The molecule has 0 saturated carbocycles. The van der Waals surface area contributed by atoms with Crippen molar-refractivity contribution in [3.8, 4) is 11.1 Å². The van der Waals surface area contributed by atoms with Crippen molar-refractivity contribution in [3.05, 3.63) is 53.1 Å². The number of anilines is 1. The quantitative estimate of drug-likeness (QED) is 0.836. The van der Waals surface area contributed by atoms with Crippen LogP contribution in [0.25, 0.3) is 11.1 Å². The maximum Gasteiger partial charge on any atom is 0.256 e. The molecule has 2 atom stereocenters. The normalized spacial score (nSPS) is 22.7. The molecule has 2 aliphatic rings. The van der Waals surface area contributed by atoms with E-state index in [-0.39, 0.29) is 17.9 Å². The van der Waals surface area contributed by atoms with Crippen molar-refractivity contribution in [1.82, 2.24) is 4.90 Å². The van der Waals surface area contributed by atoms with E-state index in [9.17, 15) is 9.59 Å². The minimum Gasteiger partial charge on any atom is -0.325 e. The molecule has 0 aromatic heterocycles. The van der Waals surface area contributed by atoms with Crippen LogP contribution in [-0.2, 0) is 4.79 Å². The van der Waals surface area contributed by atoms with Gasteiger partial charge in [0, 0.05) is 17.6 Å². The lowest BCUT2D eigenvalue weighted by atomic mass is 10.0. The third-order valence-corrected chi connectivity index (χ3v) is 4.91. The van der Waals surface area contributed by atoms with Gasteiger partial charge in [-0.1, -0.05) is 29.8 Å². The Morgan fingerprint density at radius 2 is 1.79 bits per heavy atom. The summed E-state index contributed by atoms with van der Waals surface area (Å²) in [7, 11) is 0. The van der Waals surface area contributed by atoms with Crippen LogP contribution in [0.3, 0.4) is 0 Å². The van der Waals surface area contributed by atoms with Gasteiger partial charge in [-0.2, -0.15) is 0 Å². The molecule has 5 nitrogen and oxygen atoms in total. The van der Waals surface area contributed by atoms with Crippen molar-refractivity contribution in [2.45, 2.75) is 18.5 Å². The number of hydrogen-bond acceptors (Lipinski definition) is 3. The van der Waals surface area contributed by atoms with Gasteiger partial charge < -0.3 is 16.0 Å². The van der Waals surface area contributed by atoms with Crippen molar-refractivity contribution in [1.29, 1.82) is 0 Å². The number of nitrogens with one attached hydrogen (secondary N) is 1. The van der Waals surface area contributed by atoms with Gasteiger partial charge in [-0.15, -0.1) is 0 Å². The number of benzene rings is 2. The van der Waals surface area contributed by atoms with Gasteiger partial charge in [-0.25, -0.2) is 0 Å². The fourth-order valence-electron chi connectivity index (χ4n) is 3.39. The molecule has 2 aromatic carbocycles. The molecule has 2 aromatic rings. The van der Waals surface area contributed by atoms with Crippen LogP contribution in [0.1, 0.15) is 16.8 Å². The predicted octanol–water partition coefficient (Wildman–Crippen LogP) is 2.50. The molecule has 0 aliphatic carbocycles. The van der Waals surface area contributed by atoms with Gasteiger partial charge >= 0.3 is 0 Å². The standard InChI is InChI=1S/C18H16ClN3O2/c19-12-4-1-10(2-5-12)11-3-6-15-13(9-11)18(24)22-8-7-14(20)16(22)17(23)21-15/h1-6,9,14,16H,7-8,20H2,(H,21,23)/t14-,16-/m0/s1. The van der Waals surface area contributed by atoms with E-state index >= 15 is 0 Å². The lowest BCUT2D eigenvalue weighted by Gasteiger charge is -2.22. The highest BCUT2D eigenvalue weighted by Gasteiger charge is 2.43. The van der Waals surface area contributed by atoms with E-state index in [4.69, 9.17) is 17.3 Å². The van der Waals surface area contributed by atoms with Crippen LogP contribution in [-0.4, -0.2) is 35.3 Å². The van der Waals surface area contributed by atoms with E-state index in [1.807, 2.05) is 36.4 Å². The number of carbonyl (C=O) groups is 2. The van der Waals surface area contributed by atoms with Crippen LogP contribution in [0, 0.1) is 0 Å². The second-order valence-corrected chi connectivity index (χ2v) is 6.59. The minimum atomic E-state index is -0.594. The summed E-state index contributed by atoms with van der Waals surface area (Å²) in [6, 6.07) is 12.0. The van der Waals surface area contributed by atoms with Crippen molar-refractivity contribution in [2.75, 3.05) is 11.9 Å². The van der Waals surface area contributed by atoms with Crippen molar-refractivity contribution in [2.24, 2.45) is 5.73 Å². The molecule has 2 amide bonds. The topological polar surface area (TPSA) is 75.4 Å². The molecule has 0 spiro atoms. The summed E-state index contributed by atoms with van der Waals surface area (Å²) in [5.74, 6) is -0.372. The van der Waals surface area contributed by atoms with Gasteiger partial charge in [0.25, 0.3) is 5.91 Å². The van der Waals surface area contributed by atoms with Gasteiger partial charge in [-0.3, -0.25) is 9.59 Å². The summed E-state index contributed by atoms with van der Waals surface area (Å²) in [5.41, 5.74) is 8.90. The van der Waals surface area contributed by atoms with E-state index in [1.54, 1.807) is 11.0 Å². The Labute approximate surface area is 144 Å². The van der Waals surface area contributed by atoms with E-state index in [2.05, 4.69) is 5.32 Å². The average Bonchev–Trinajstić information content (AvgIpc) is 2.92. The molecule has 0 radical (unpaired) electrons. The Morgan fingerprint density at radius 3 is 2.54 bits per heavy atom. The fraction of sp³-hybridized carbons (Fsp3) is 0.222. The molecule has 2 aliphatic heterocycles. The van der Waals surface area contributed by atoms with Gasteiger partial charge in [0.05, 0.1) is 11.3 Å². The second kappa shape index (κ2) is 5.61. The molecule has 1 saturated heterocycles. The van der Waals surface area contributed by atoms with Gasteiger partial charge in [0.15, 0.2) is 0 Å². The number of hydrogen-bond donors (Lipinski definition) is 2. The number of nitrogens with two attached hydrogens (primary N) is 1. The van der Waals surface area contributed by atoms with E-state index in [1.165, 1.54) is 0 Å². The predicted molar refractivity (Wildman–Crippen MR) is 92.9 cm³/mol. The maximum absolute atomic E-state index is 12.9. The summed E-state index contributed by atoms with van der Waals surface area (Å²) in [6.07, 6.45) is 0.635. The monoisotopic (exact) mass is 341 g/mol. The number of carbonyl (C=O) groups excluding carboxylic acids is 2. The highest BCUT2D eigenvalue weighted by atomic mass is 35.5. The molecule has 122 valence electrons. The fourth-order valence-corrected chi connectivity index (χ4v) is 3.52. The van der Waals surface area contributed by atoms with E-state index in [0.717, 1.165) is 11.1 Å². The molecule has 24 heavy (non-hydrogen) atoms. The first-order valence-corrected chi connectivity index (χ1v) is 8.20. The molecule has 2 heterocycles. The van der Waals surface area contributed by atoms with Crippen LogP contribution in [0.2, 0.25) is 5.02 Å². The second-order valence-electron chi connectivity index (χ2n) is 6.15. The van der Waals surface area contributed by atoms with Crippen LogP contribution >= 0.6 is 11.6 Å². The third kappa shape index (κ3) is 2.37. The first-order chi connectivity index (χ1) is 11.5. The zero-order valence-corrected chi connectivity index (χ0v) is 13.6. The Hall–Kier alpha value is -2.37. The van der Waals surface area contributed by atoms with E-state index in [0.29, 0.717) is 29.2 Å². The van der Waals surface area contributed by atoms with Crippen LogP contribution in [0.15, 0.2) is 42.5 Å². The zero-order chi connectivity index (χ0) is 16.8. The molecular formula is C18H16ClN3O2. The lowest BCUT2D eigenvalue weighted by molar-refractivity contribution is -0.119. The van der Waals surface area contributed by atoms with Crippen molar-refractivity contribution >= 4 is 29.1 Å².